The van der Waals surface area contributed by atoms with Crippen LogP contribution >= 0.6 is 11.6 Å². The van der Waals surface area contributed by atoms with Gasteiger partial charge in [0.25, 0.3) is 0 Å². The quantitative estimate of drug-likeness (QED) is 0.787. The second-order valence-electron chi connectivity index (χ2n) is 4.40. The summed E-state index contributed by atoms with van der Waals surface area (Å²) < 4.78 is 11.2. The maximum atomic E-state index is 5.88. The highest BCUT2D eigenvalue weighted by Gasteiger charge is 2.25. The van der Waals surface area contributed by atoms with E-state index in [2.05, 4.69) is 16.8 Å². The van der Waals surface area contributed by atoms with Crippen molar-refractivity contribution in [3.8, 4) is 5.88 Å². The summed E-state index contributed by atoms with van der Waals surface area (Å²) in [6.07, 6.45) is 0.230. The number of aromatic nitrogens is 1. The van der Waals surface area contributed by atoms with E-state index in [1.165, 1.54) is 0 Å². The summed E-state index contributed by atoms with van der Waals surface area (Å²) in [7, 11) is 0. The van der Waals surface area contributed by atoms with Crippen LogP contribution in [0.1, 0.15) is 13.8 Å². The van der Waals surface area contributed by atoms with Gasteiger partial charge in [-0.1, -0.05) is 6.07 Å². The fourth-order valence-corrected chi connectivity index (χ4v) is 2.30. The zero-order valence-electron chi connectivity index (χ0n) is 10.8. The molecule has 1 saturated heterocycles. The number of halogens is 1. The van der Waals surface area contributed by atoms with Crippen molar-refractivity contribution in [3.63, 3.8) is 0 Å². The van der Waals surface area contributed by atoms with E-state index in [1.807, 2.05) is 25.1 Å². The van der Waals surface area contributed by atoms with E-state index in [4.69, 9.17) is 21.1 Å². The van der Waals surface area contributed by atoms with Crippen molar-refractivity contribution in [3.05, 3.63) is 18.2 Å². The SMILES string of the molecule is CCOc1cccc(N2CC(C)OC(CCl)C2)n1. The molecule has 2 heterocycles. The van der Waals surface area contributed by atoms with Crippen molar-refractivity contribution in [2.75, 3.05) is 30.5 Å². The molecule has 0 aromatic carbocycles. The topological polar surface area (TPSA) is 34.6 Å². The maximum Gasteiger partial charge on any atom is 0.215 e. The highest BCUT2D eigenvalue weighted by atomic mass is 35.5. The highest BCUT2D eigenvalue weighted by Crippen LogP contribution is 2.21. The first-order valence-electron chi connectivity index (χ1n) is 6.29. The van der Waals surface area contributed by atoms with Gasteiger partial charge in [-0.25, -0.2) is 0 Å². The van der Waals surface area contributed by atoms with Crippen LogP contribution in [0.25, 0.3) is 0 Å². The monoisotopic (exact) mass is 270 g/mol. The molecule has 0 aliphatic carbocycles. The van der Waals surface area contributed by atoms with Crippen LogP contribution in [0.5, 0.6) is 5.88 Å². The van der Waals surface area contributed by atoms with Crippen molar-refractivity contribution in [1.82, 2.24) is 4.98 Å². The van der Waals surface area contributed by atoms with Crippen molar-refractivity contribution in [2.24, 2.45) is 0 Å². The Morgan fingerprint density at radius 3 is 3.06 bits per heavy atom. The molecule has 0 bridgehead atoms. The Hall–Kier alpha value is -1.00. The summed E-state index contributed by atoms with van der Waals surface area (Å²) in [5.74, 6) is 2.09. The van der Waals surface area contributed by atoms with Gasteiger partial charge in [-0.3, -0.25) is 0 Å². The van der Waals surface area contributed by atoms with E-state index in [0.717, 1.165) is 18.9 Å². The molecule has 100 valence electrons. The Morgan fingerprint density at radius 2 is 2.33 bits per heavy atom. The maximum absolute atomic E-state index is 5.88. The molecule has 4 nitrogen and oxygen atoms in total. The van der Waals surface area contributed by atoms with Gasteiger partial charge in [-0.2, -0.15) is 4.98 Å². The van der Waals surface area contributed by atoms with E-state index < -0.39 is 0 Å². The Kier molecular flexibility index (Phi) is 4.66. The molecule has 1 fully saturated rings. The first-order valence-corrected chi connectivity index (χ1v) is 6.82. The molecule has 1 aliphatic heterocycles. The third-order valence-electron chi connectivity index (χ3n) is 2.82. The van der Waals surface area contributed by atoms with Gasteiger partial charge < -0.3 is 14.4 Å². The van der Waals surface area contributed by atoms with Gasteiger partial charge in [0.05, 0.1) is 24.7 Å². The van der Waals surface area contributed by atoms with Gasteiger partial charge in [0.1, 0.15) is 5.82 Å². The van der Waals surface area contributed by atoms with Crippen molar-refractivity contribution < 1.29 is 9.47 Å². The standard InChI is InChI=1S/C13H19ClN2O2/c1-3-17-13-6-4-5-12(15-13)16-8-10(2)18-11(7-14)9-16/h4-6,10-11H,3,7-9H2,1-2H3. The first-order chi connectivity index (χ1) is 8.72. The summed E-state index contributed by atoms with van der Waals surface area (Å²) >= 11 is 5.88. The third kappa shape index (κ3) is 3.27. The zero-order valence-corrected chi connectivity index (χ0v) is 11.6. The number of alkyl halides is 1. The fourth-order valence-electron chi connectivity index (χ4n) is 2.13. The Labute approximate surface area is 113 Å². The minimum absolute atomic E-state index is 0.0629. The normalized spacial score (nSPS) is 24.1. The number of rotatable bonds is 4. The Bertz CT molecular complexity index is 389. The lowest BCUT2D eigenvalue weighted by Gasteiger charge is -2.36. The molecular weight excluding hydrogens is 252 g/mol. The number of nitrogens with zero attached hydrogens (tertiary/aromatic N) is 2. The summed E-state index contributed by atoms with van der Waals surface area (Å²) in [6.45, 7) is 6.24. The summed E-state index contributed by atoms with van der Waals surface area (Å²) in [5, 5.41) is 0. The van der Waals surface area contributed by atoms with Crippen LogP contribution in [0.2, 0.25) is 0 Å². The van der Waals surface area contributed by atoms with E-state index in [0.29, 0.717) is 18.4 Å². The largest absolute Gasteiger partial charge is 0.478 e. The molecular formula is C13H19ClN2O2. The zero-order chi connectivity index (χ0) is 13.0. The van der Waals surface area contributed by atoms with Crippen LogP contribution in [0.15, 0.2) is 18.2 Å². The smallest absolute Gasteiger partial charge is 0.215 e. The lowest BCUT2D eigenvalue weighted by atomic mass is 10.2. The molecule has 0 spiro atoms. The van der Waals surface area contributed by atoms with Crippen molar-refractivity contribution in [2.45, 2.75) is 26.1 Å². The molecule has 18 heavy (non-hydrogen) atoms. The highest BCUT2D eigenvalue weighted by molar-refractivity contribution is 6.18. The van der Waals surface area contributed by atoms with Crippen LogP contribution < -0.4 is 9.64 Å². The number of hydrogen-bond acceptors (Lipinski definition) is 4. The number of ether oxygens (including phenoxy) is 2. The summed E-state index contributed by atoms with van der Waals surface area (Å²) in [4.78, 5) is 6.69. The van der Waals surface area contributed by atoms with E-state index in [1.54, 1.807) is 0 Å². The lowest BCUT2D eigenvalue weighted by molar-refractivity contribution is -0.00360. The molecule has 2 atom stereocenters. The first kappa shape index (κ1) is 13.4. The molecule has 1 aliphatic rings. The van der Waals surface area contributed by atoms with Crippen LogP contribution in [-0.2, 0) is 4.74 Å². The van der Waals surface area contributed by atoms with Gasteiger partial charge in [0, 0.05) is 19.2 Å². The molecule has 1 aromatic rings. The third-order valence-corrected chi connectivity index (χ3v) is 3.17. The lowest BCUT2D eigenvalue weighted by Crippen LogP contribution is -2.47. The second kappa shape index (κ2) is 6.25. The van der Waals surface area contributed by atoms with E-state index in [-0.39, 0.29) is 12.2 Å². The van der Waals surface area contributed by atoms with Crippen LogP contribution in [-0.4, -0.2) is 42.8 Å². The predicted molar refractivity (Wildman–Crippen MR) is 72.7 cm³/mol. The van der Waals surface area contributed by atoms with Crippen LogP contribution in [0, 0.1) is 0 Å². The number of pyridine rings is 1. The van der Waals surface area contributed by atoms with Gasteiger partial charge in [0.2, 0.25) is 5.88 Å². The molecule has 2 rings (SSSR count). The second-order valence-corrected chi connectivity index (χ2v) is 4.70. The molecule has 0 N–H and O–H groups in total. The van der Waals surface area contributed by atoms with Crippen LogP contribution in [0.3, 0.4) is 0 Å². The van der Waals surface area contributed by atoms with Gasteiger partial charge in [0.15, 0.2) is 0 Å². The Morgan fingerprint density at radius 1 is 1.50 bits per heavy atom. The Balaban J connectivity index is 2.11. The molecule has 0 radical (unpaired) electrons. The van der Waals surface area contributed by atoms with Crippen molar-refractivity contribution >= 4 is 17.4 Å². The molecule has 1 aromatic heterocycles. The van der Waals surface area contributed by atoms with Gasteiger partial charge >= 0.3 is 0 Å². The fraction of sp³-hybridized carbons (Fsp3) is 0.615. The number of hydrogen-bond donors (Lipinski definition) is 0. The van der Waals surface area contributed by atoms with Crippen molar-refractivity contribution in [1.29, 1.82) is 0 Å². The minimum atomic E-state index is 0.0629. The van der Waals surface area contributed by atoms with Gasteiger partial charge in [-0.15, -0.1) is 11.6 Å². The number of morpholine rings is 1. The molecule has 2 unspecified atom stereocenters. The van der Waals surface area contributed by atoms with Gasteiger partial charge in [-0.05, 0) is 19.9 Å². The molecule has 0 amide bonds. The summed E-state index contributed by atoms with van der Waals surface area (Å²) in [6, 6.07) is 5.82. The van der Waals surface area contributed by atoms with E-state index in [9.17, 15) is 0 Å². The predicted octanol–water partition coefficient (Wildman–Crippen LogP) is 2.31. The minimum Gasteiger partial charge on any atom is -0.478 e. The summed E-state index contributed by atoms with van der Waals surface area (Å²) in [5.41, 5.74) is 0. The molecule has 0 saturated carbocycles. The van der Waals surface area contributed by atoms with Crippen LogP contribution in [0.4, 0.5) is 5.82 Å². The van der Waals surface area contributed by atoms with E-state index >= 15 is 0 Å². The number of anilines is 1. The average Bonchev–Trinajstić information content (AvgIpc) is 2.39. The molecule has 5 heteroatoms. The average molecular weight is 271 g/mol.